The van der Waals surface area contributed by atoms with Gasteiger partial charge in [0, 0.05) is 0 Å². The maximum absolute atomic E-state index is 4.57. The molecule has 3 heterocycles. The predicted octanol–water partition coefficient (Wildman–Crippen LogP) is -1.51. The molecule has 0 spiro atoms. The van der Waals surface area contributed by atoms with Crippen LogP contribution in [0, 0.1) is 0 Å². The number of hydrogen-bond donors (Lipinski definition) is 1. The van der Waals surface area contributed by atoms with Gasteiger partial charge < -0.3 is 0 Å². The summed E-state index contributed by atoms with van der Waals surface area (Å²) in [4.78, 5) is 8.81. The fraction of sp³-hybridized carbons (Fsp3) is 0.364. The molecule has 2 aromatic rings. The molecule has 1 N–H and O–H groups in total. The van der Waals surface area contributed by atoms with Gasteiger partial charge in [0.2, 0.25) is 0 Å². The van der Waals surface area contributed by atoms with Crippen LogP contribution in [0.5, 0.6) is 0 Å². The molecule has 0 saturated carbocycles. The number of aryl methyl sites for hydroxylation is 1. The second-order valence-electron chi connectivity index (χ2n) is 3.93. The van der Waals surface area contributed by atoms with E-state index in [1.807, 2.05) is 25.5 Å². The molecule has 2 aromatic heterocycles. The molecule has 90 valence electrons. The van der Waals surface area contributed by atoms with E-state index in [9.17, 15) is 0 Å². The standard InChI is InChI=1S/C11H13IN5/c1-17-7-8(6-14-17)15-11-13-5-3-10(16-11)9-2-4-12-9/h3,5-7,9H,2,4H2,1H3,(H,13,15,16)/q-1. The third kappa shape index (κ3) is 2.41. The molecule has 1 aliphatic rings. The van der Waals surface area contributed by atoms with Gasteiger partial charge in [-0.1, -0.05) is 0 Å². The second-order valence-corrected chi connectivity index (χ2v) is 7.40. The van der Waals surface area contributed by atoms with Crippen LogP contribution in [-0.2, 0) is 7.05 Å². The molecule has 1 saturated heterocycles. The molecule has 5 nitrogen and oxygen atoms in total. The van der Waals surface area contributed by atoms with Crippen LogP contribution in [0.15, 0.2) is 24.7 Å². The van der Waals surface area contributed by atoms with E-state index >= 15 is 0 Å². The summed E-state index contributed by atoms with van der Waals surface area (Å²) < 4.78 is 3.92. The fourth-order valence-corrected chi connectivity index (χ4v) is 3.71. The average Bonchev–Trinajstić information content (AvgIpc) is 2.62. The van der Waals surface area contributed by atoms with E-state index in [1.165, 1.54) is 16.5 Å². The normalized spacial score (nSPS) is 19.2. The van der Waals surface area contributed by atoms with Crippen molar-refractivity contribution in [3.8, 4) is 0 Å². The average molecular weight is 342 g/mol. The Morgan fingerprint density at radius 2 is 2.41 bits per heavy atom. The van der Waals surface area contributed by atoms with E-state index in [4.69, 9.17) is 0 Å². The number of nitrogens with one attached hydrogen (secondary N) is 1. The van der Waals surface area contributed by atoms with Crippen LogP contribution in [0.25, 0.3) is 0 Å². The van der Waals surface area contributed by atoms with Crippen molar-refractivity contribution in [3.63, 3.8) is 0 Å². The van der Waals surface area contributed by atoms with Gasteiger partial charge in [0.1, 0.15) is 0 Å². The Morgan fingerprint density at radius 1 is 1.53 bits per heavy atom. The van der Waals surface area contributed by atoms with Crippen molar-refractivity contribution in [1.29, 1.82) is 0 Å². The molecule has 1 aliphatic heterocycles. The molecule has 1 fully saturated rings. The summed E-state index contributed by atoms with van der Waals surface area (Å²) in [6, 6.07) is 2.04. The molecule has 17 heavy (non-hydrogen) atoms. The Labute approximate surface area is 110 Å². The summed E-state index contributed by atoms with van der Waals surface area (Å²) in [7, 11) is 1.89. The van der Waals surface area contributed by atoms with Crippen LogP contribution in [0.2, 0.25) is 0 Å². The minimum atomic E-state index is 0.343. The molecule has 1 unspecified atom stereocenters. The predicted molar refractivity (Wildman–Crippen MR) is 60.7 cm³/mol. The Kier molecular flexibility index (Phi) is 2.96. The molecule has 0 amide bonds. The van der Waals surface area contributed by atoms with Gasteiger partial charge in [0.05, 0.1) is 0 Å². The second kappa shape index (κ2) is 4.59. The van der Waals surface area contributed by atoms with E-state index in [0.717, 1.165) is 9.61 Å². The molecule has 6 heteroatoms. The first-order valence-corrected chi connectivity index (χ1v) is 8.25. The van der Waals surface area contributed by atoms with Crippen LogP contribution in [0.4, 0.5) is 11.6 Å². The molecule has 0 radical (unpaired) electrons. The van der Waals surface area contributed by atoms with E-state index in [1.54, 1.807) is 10.9 Å². The fourth-order valence-electron chi connectivity index (χ4n) is 1.67. The number of aromatic nitrogens is 4. The molecular formula is C11H13IN5-. The summed E-state index contributed by atoms with van der Waals surface area (Å²) in [5.74, 6) is 0.673. The summed E-state index contributed by atoms with van der Waals surface area (Å²) in [6.07, 6.45) is 6.82. The third-order valence-electron chi connectivity index (χ3n) is 2.62. The zero-order valence-electron chi connectivity index (χ0n) is 9.47. The first kappa shape index (κ1) is 10.9. The van der Waals surface area contributed by atoms with Gasteiger partial charge in [-0.3, -0.25) is 0 Å². The van der Waals surface area contributed by atoms with Gasteiger partial charge in [-0.15, -0.1) is 0 Å². The number of anilines is 2. The van der Waals surface area contributed by atoms with Gasteiger partial charge in [-0.25, -0.2) is 0 Å². The Balaban J connectivity index is 1.78. The van der Waals surface area contributed by atoms with Gasteiger partial charge in [-0.05, 0) is 0 Å². The molecule has 0 bridgehead atoms. The van der Waals surface area contributed by atoms with Gasteiger partial charge >= 0.3 is 110 Å². The monoisotopic (exact) mass is 342 g/mol. The van der Waals surface area contributed by atoms with Crippen molar-refractivity contribution in [3.05, 3.63) is 30.4 Å². The zero-order chi connectivity index (χ0) is 11.7. The number of nitrogens with zero attached hydrogens (tertiary/aromatic N) is 4. The Morgan fingerprint density at radius 3 is 3.06 bits per heavy atom. The van der Waals surface area contributed by atoms with Crippen molar-refractivity contribution in [2.75, 3.05) is 9.74 Å². The van der Waals surface area contributed by atoms with Crippen molar-refractivity contribution >= 4 is 11.6 Å². The first-order chi connectivity index (χ1) is 8.31. The van der Waals surface area contributed by atoms with E-state index < -0.39 is 0 Å². The number of halogens is 1. The summed E-state index contributed by atoms with van der Waals surface area (Å²) >= 11 is 0.343. The van der Waals surface area contributed by atoms with Crippen LogP contribution < -0.4 is 26.5 Å². The van der Waals surface area contributed by atoms with E-state index in [2.05, 4.69) is 20.4 Å². The van der Waals surface area contributed by atoms with Crippen LogP contribution in [0.3, 0.4) is 0 Å². The molecule has 0 aliphatic carbocycles. The van der Waals surface area contributed by atoms with Gasteiger partial charge in [0.25, 0.3) is 0 Å². The minimum absolute atomic E-state index is 0.343. The van der Waals surface area contributed by atoms with Crippen molar-refractivity contribution in [2.45, 2.75) is 10.3 Å². The third-order valence-corrected chi connectivity index (χ3v) is 6.19. The van der Waals surface area contributed by atoms with E-state index in [-0.39, 0.29) is 0 Å². The van der Waals surface area contributed by atoms with Gasteiger partial charge in [0.15, 0.2) is 0 Å². The number of hydrogen-bond acceptors (Lipinski definition) is 4. The quantitative estimate of drug-likeness (QED) is 0.544. The van der Waals surface area contributed by atoms with Crippen LogP contribution in [0.1, 0.15) is 16.0 Å². The first-order valence-electron chi connectivity index (χ1n) is 5.47. The zero-order valence-corrected chi connectivity index (χ0v) is 11.6. The molecule has 1 atom stereocenters. The maximum atomic E-state index is 4.57. The Hall–Kier alpha value is -1.18. The Bertz CT molecular complexity index is 520. The summed E-state index contributed by atoms with van der Waals surface area (Å²) in [5, 5.41) is 7.28. The van der Waals surface area contributed by atoms with Crippen molar-refractivity contribution in [2.24, 2.45) is 7.05 Å². The number of rotatable bonds is 3. The molecule has 0 aromatic carbocycles. The van der Waals surface area contributed by atoms with Crippen molar-refractivity contribution in [1.82, 2.24) is 19.7 Å². The van der Waals surface area contributed by atoms with Gasteiger partial charge in [-0.2, -0.15) is 0 Å². The van der Waals surface area contributed by atoms with E-state index in [0.29, 0.717) is 27.2 Å². The topological polar surface area (TPSA) is 55.6 Å². The van der Waals surface area contributed by atoms with Crippen molar-refractivity contribution < 1.29 is 21.2 Å². The molecular weight excluding hydrogens is 329 g/mol. The SMILES string of the molecule is Cn1cc(Nc2nccc(C3CC[I-]3)n2)cn1. The van der Waals surface area contributed by atoms with Crippen LogP contribution >= 0.6 is 0 Å². The number of alkyl halides is 2. The molecule has 3 rings (SSSR count). The summed E-state index contributed by atoms with van der Waals surface area (Å²) in [5.41, 5.74) is 2.12. The van der Waals surface area contributed by atoms with Crippen LogP contribution in [-0.4, -0.2) is 24.2 Å². The summed E-state index contributed by atoms with van der Waals surface area (Å²) in [6.45, 7) is 0.